The van der Waals surface area contributed by atoms with Crippen molar-refractivity contribution >= 4 is 27.3 Å². The van der Waals surface area contributed by atoms with Crippen molar-refractivity contribution in [3.8, 4) is 22.5 Å². The van der Waals surface area contributed by atoms with E-state index in [0.717, 1.165) is 22.5 Å². The van der Waals surface area contributed by atoms with E-state index in [1.807, 2.05) is 85.2 Å². The Morgan fingerprint density at radius 2 is 1.07 bits per heavy atom. The topological polar surface area (TPSA) is 63.1 Å². The van der Waals surface area contributed by atoms with Crippen LogP contribution >= 0.6 is 0 Å². The quantitative estimate of drug-likeness (QED) is 0.114. The number of rotatable bonds is 3. The minimum Gasteiger partial charge on any atom is -0.512 e. The van der Waals surface area contributed by atoms with Crippen LogP contribution in [0, 0.1) is 12.1 Å². The zero-order valence-electron chi connectivity index (χ0n) is 22.2. The Morgan fingerprint density at radius 3 is 1.43 bits per heavy atom. The number of ketones is 1. The number of hydrogen-bond acceptors (Lipinski definition) is 4. The molecule has 0 atom stereocenters. The Bertz CT molecular complexity index is 1570. The van der Waals surface area contributed by atoms with E-state index in [0.29, 0.717) is 0 Å². The van der Waals surface area contributed by atoms with E-state index in [1.165, 1.54) is 41.5 Å². The fraction of sp³-hybridized carbons (Fsp3) is 0.0571. The molecule has 6 rings (SSSR count). The van der Waals surface area contributed by atoms with E-state index in [4.69, 9.17) is 5.11 Å². The molecule has 0 aliphatic rings. The summed E-state index contributed by atoms with van der Waals surface area (Å²) in [6.45, 7) is 2.85. The van der Waals surface area contributed by atoms with Crippen molar-refractivity contribution in [2.24, 2.45) is 0 Å². The Balaban J connectivity index is 0.000000177. The Labute approximate surface area is 248 Å². The number of carbonyl (C=O) groups is 1. The predicted octanol–water partition coefficient (Wildman–Crippen LogP) is 8.44. The van der Waals surface area contributed by atoms with Crippen molar-refractivity contribution in [3.63, 3.8) is 0 Å². The van der Waals surface area contributed by atoms with Gasteiger partial charge in [0.15, 0.2) is 5.78 Å². The Morgan fingerprint density at radius 1 is 0.650 bits per heavy atom. The van der Waals surface area contributed by atoms with E-state index in [9.17, 15) is 4.79 Å². The van der Waals surface area contributed by atoms with Crippen LogP contribution < -0.4 is 0 Å². The molecule has 4 aromatic carbocycles. The van der Waals surface area contributed by atoms with Gasteiger partial charge in [0.2, 0.25) is 0 Å². The second-order valence-electron chi connectivity index (χ2n) is 8.71. The van der Waals surface area contributed by atoms with Crippen molar-refractivity contribution in [1.29, 1.82) is 0 Å². The molecule has 0 bridgehead atoms. The molecule has 1 radical (unpaired) electrons. The molecule has 1 N–H and O–H groups in total. The van der Waals surface area contributed by atoms with Gasteiger partial charge >= 0.3 is 0 Å². The van der Waals surface area contributed by atoms with Gasteiger partial charge in [0.05, 0.1) is 5.76 Å². The van der Waals surface area contributed by atoms with Gasteiger partial charge in [-0.1, -0.05) is 83.6 Å². The summed E-state index contributed by atoms with van der Waals surface area (Å²) in [6, 6.07) is 43.1. The maximum atomic E-state index is 10.0. The van der Waals surface area contributed by atoms with Gasteiger partial charge in [-0.15, -0.1) is 58.3 Å². The third kappa shape index (κ3) is 8.28. The average Bonchev–Trinajstić information content (AvgIpc) is 2.97. The first-order valence-corrected chi connectivity index (χ1v) is 12.5. The number of fused-ring (bicyclic) bond motifs is 2. The standard InChI is InChI=1S/2C15H10N.C5H8O2.Ir/c2*1-2-8-13-12(6-1)7-5-9-14(13)15-10-3-4-11-16-15;1-4(6)3-5(2)7;/h2*1-8,10-11H;3,6H,1-2H3;/q2*-1;;. The molecule has 0 fully saturated rings. The average molecular weight is 701 g/mol. The molecule has 2 heterocycles. The molecule has 0 amide bonds. The maximum Gasteiger partial charge on any atom is 0.155 e. The fourth-order valence-electron chi connectivity index (χ4n) is 4.06. The SMILES string of the molecule is CC(=O)C=C(C)O.[Ir].[c-]1ccc2ccccc2c1-c1ccccn1.[c-]1ccc2ccccc2c1-c1ccccn1. The monoisotopic (exact) mass is 701 g/mol. The summed E-state index contributed by atoms with van der Waals surface area (Å²) in [6.07, 6.45) is 4.79. The zero-order valence-corrected chi connectivity index (χ0v) is 24.6. The summed E-state index contributed by atoms with van der Waals surface area (Å²) in [5.74, 6) is -0.0625. The molecule has 2 aromatic heterocycles. The summed E-state index contributed by atoms with van der Waals surface area (Å²) in [7, 11) is 0. The van der Waals surface area contributed by atoms with Gasteiger partial charge in [-0.3, -0.25) is 4.79 Å². The molecule has 40 heavy (non-hydrogen) atoms. The summed E-state index contributed by atoms with van der Waals surface area (Å²) in [5, 5.41) is 13.2. The molecule has 5 heteroatoms. The summed E-state index contributed by atoms with van der Waals surface area (Å²) < 4.78 is 0. The van der Waals surface area contributed by atoms with Crippen LogP contribution in [-0.4, -0.2) is 20.9 Å². The van der Waals surface area contributed by atoms with Gasteiger partial charge in [0, 0.05) is 38.6 Å². The van der Waals surface area contributed by atoms with Crippen molar-refractivity contribution in [1.82, 2.24) is 9.97 Å². The minimum atomic E-state index is -0.125. The number of hydrogen-bond donors (Lipinski definition) is 1. The molecule has 0 unspecified atom stereocenters. The van der Waals surface area contributed by atoms with E-state index in [-0.39, 0.29) is 31.6 Å². The first kappa shape index (κ1) is 30.1. The second kappa shape index (κ2) is 15.2. The van der Waals surface area contributed by atoms with Gasteiger partial charge in [-0.25, -0.2) is 0 Å². The van der Waals surface area contributed by atoms with Gasteiger partial charge in [-0.2, -0.15) is 0 Å². The molecular weight excluding hydrogens is 673 g/mol. The number of aromatic nitrogens is 2. The van der Waals surface area contributed by atoms with Crippen LogP contribution in [0.1, 0.15) is 13.8 Å². The first-order valence-electron chi connectivity index (χ1n) is 12.5. The number of pyridine rings is 2. The first-order chi connectivity index (χ1) is 19.0. The van der Waals surface area contributed by atoms with Crippen LogP contribution in [0.3, 0.4) is 0 Å². The minimum absolute atomic E-state index is 0. The van der Waals surface area contributed by atoms with Crippen molar-refractivity contribution in [2.45, 2.75) is 13.8 Å². The van der Waals surface area contributed by atoms with E-state index in [1.54, 1.807) is 0 Å². The third-order valence-corrected chi connectivity index (χ3v) is 5.70. The van der Waals surface area contributed by atoms with Crippen LogP contribution in [0.4, 0.5) is 0 Å². The van der Waals surface area contributed by atoms with Crippen LogP contribution in [0.2, 0.25) is 0 Å². The number of carbonyl (C=O) groups excluding carboxylic acids is 1. The maximum absolute atomic E-state index is 10.0. The molecule has 0 saturated heterocycles. The Kier molecular flexibility index (Phi) is 11.5. The third-order valence-electron chi connectivity index (χ3n) is 5.70. The summed E-state index contributed by atoms with van der Waals surface area (Å²) >= 11 is 0. The summed E-state index contributed by atoms with van der Waals surface area (Å²) in [4.78, 5) is 18.8. The number of benzene rings is 4. The predicted molar refractivity (Wildman–Crippen MR) is 159 cm³/mol. The zero-order chi connectivity index (χ0) is 27.5. The molecular formula is C35H28IrN2O2-2. The van der Waals surface area contributed by atoms with Crippen LogP contribution in [-0.2, 0) is 24.9 Å². The smallest absolute Gasteiger partial charge is 0.155 e. The second-order valence-corrected chi connectivity index (χ2v) is 8.71. The number of aliphatic hydroxyl groups is 1. The molecule has 4 nitrogen and oxygen atoms in total. The van der Waals surface area contributed by atoms with Crippen LogP contribution in [0.25, 0.3) is 44.1 Å². The fourth-order valence-corrected chi connectivity index (χ4v) is 4.06. The number of nitrogens with zero attached hydrogens (tertiary/aromatic N) is 2. The van der Waals surface area contributed by atoms with Crippen molar-refractivity contribution < 1.29 is 30.0 Å². The largest absolute Gasteiger partial charge is 0.512 e. The summed E-state index contributed by atoms with van der Waals surface area (Å²) in [5.41, 5.74) is 4.08. The van der Waals surface area contributed by atoms with E-state index in [2.05, 4.69) is 58.5 Å². The molecule has 0 spiro atoms. The number of aliphatic hydroxyl groups excluding tert-OH is 1. The number of allylic oxidation sites excluding steroid dienone is 2. The molecule has 0 saturated carbocycles. The van der Waals surface area contributed by atoms with Gasteiger partial charge in [0.25, 0.3) is 0 Å². The van der Waals surface area contributed by atoms with Gasteiger partial charge in [-0.05, 0) is 37.4 Å². The van der Waals surface area contributed by atoms with Crippen LogP contribution in [0.5, 0.6) is 0 Å². The molecule has 6 aromatic rings. The normalized spacial score (nSPS) is 10.4. The van der Waals surface area contributed by atoms with Crippen molar-refractivity contribution in [2.75, 3.05) is 0 Å². The van der Waals surface area contributed by atoms with Crippen LogP contribution in [0.15, 0.2) is 133 Å². The molecule has 201 valence electrons. The molecule has 0 aliphatic carbocycles. The Hall–Kier alpha value is -4.44. The molecule has 0 aliphatic heterocycles. The van der Waals surface area contributed by atoms with Gasteiger partial charge < -0.3 is 15.1 Å². The van der Waals surface area contributed by atoms with E-state index >= 15 is 0 Å². The van der Waals surface area contributed by atoms with Gasteiger partial charge in [0.1, 0.15) is 0 Å². The van der Waals surface area contributed by atoms with Crippen molar-refractivity contribution in [3.05, 3.63) is 146 Å². The van der Waals surface area contributed by atoms with E-state index < -0.39 is 0 Å².